The number of rotatable bonds is 4. The van der Waals surface area contributed by atoms with Gasteiger partial charge in [-0.1, -0.05) is 18.9 Å². The fourth-order valence-corrected chi connectivity index (χ4v) is 1.81. The van der Waals surface area contributed by atoms with Gasteiger partial charge in [-0.05, 0) is 37.0 Å². The van der Waals surface area contributed by atoms with E-state index in [2.05, 4.69) is 5.32 Å². The zero-order chi connectivity index (χ0) is 12.5. The summed E-state index contributed by atoms with van der Waals surface area (Å²) in [5.74, 6) is 0.786. The molecule has 1 aromatic rings. The third-order valence-corrected chi connectivity index (χ3v) is 3.13. The largest absolute Gasteiger partial charge is 0.416 e. The molecular formula is C13H16F3N. The number of nitrogens with one attached hydrogen (secondary N) is 1. The van der Waals surface area contributed by atoms with Gasteiger partial charge >= 0.3 is 6.18 Å². The summed E-state index contributed by atoms with van der Waals surface area (Å²) in [5.41, 5.74) is 0.867. The number of hydrogen-bond acceptors (Lipinski definition) is 1. The molecule has 0 unspecified atom stereocenters. The van der Waals surface area contributed by atoms with Crippen LogP contribution in [-0.2, 0) is 6.18 Å². The molecular weight excluding hydrogens is 227 g/mol. The van der Waals surface area contributed by atoms with E-state index in [0.717, 1.165) is 30.5 Å². The van der Waals surface area contributed by atoms with E-state index in [9.17, 15) is 13.2 Å². The van der Waals surface area contributed by atoms with Gasteiger partial charge in [-0.3, -0.25) is 0 Å². The second-order valence-corrected chi connectivity index (χ2v) is 4.69. The molecule has 94 valence electrons. The molecule has 17 heavy (non-hydrogen) atoms. The molecule has 0 aromatic heterocycles. The average Bonchev–Trinajstić information content (AvgIpc) is 3.03. The molecule has 4 heteroatoms. The van der Waals surface area contributed by atoms with Gasteiger partial charge in [0.15, 0.2) is 0 Å². The highest BCUT2D eigenvalue weighted by Crippen LogP contribution is 2.34. The molecule has 0 aliphatic heterocycles. The molecule has 1 aromatic carbocycles. The van der Waals surface area contributed by atoms with Crippen molar-refractivity contribution in [2.75, 3.05) is 11.9 Å². The number of aryl methyl sites for hydroxylation is 1. The fourth-order valence-electron chi connectivity index (χ4n) is 1.81. The monoisotopic (exact) mass is 243 g/mol. The summed E-state index contributed by atoms with van der Waals surface area (Å²) >= 11 is 0. The van der Waals surface area contributed by atoms with Gasteiger partial charge in [-0.25, -0.2) is 0 Å². The zero-order valence-electron chi connectivity index (χ0n) is 9.77. The minimum Gasteiger partial charge on any atom is -0.385 e. The van der Waals surface area contributed by atoms with Crippen molar-refractivity contribution in [3.05, 3.63) is 29.3 Å². The highest BCUT2D eigenvalue weighted by Gasteiger charge is 2.30. The van der Waals surface area contributed by atoms with Crippen LogP contribution in [0.1, 0.15) is 30.4 Å². The maximum atomic E-state index is 12.5. The first-order chi connectivity index (χ1) is 7.97. The molecule has 0 amide bonds. The highest BCUT2D eigenvalue weighted by molar-refractivity contribution is 5.53. The predicted molar refractivity (Wildman–Crippen MR) is 62.0 cm³/mol. The lowest BCUT2D eigenvalue weighted by Crippen LogP contribution is -2.08. The summed E-state index contributed by atoms with van der Waals surface area (Å²) in [6, 6.07) is 3.84. The number of anilines is 1. The van der Waals surface area contributed by atoms with E-state index in [-0.39, 0.29) is 0 Å². The van der Waals surface area contributed by atoms with Gasteiger partial charge in [0.2, 0.25) is 0 Å². The second kappa shape index (κ2) is 4.59. The summed E-state index contributed by atoms with van der Waals surface area (Å²) in [5, 5.41) is 3.10. The zero-order valence-corrected chi connectivity index (χ0v) is 9.77. The van der Waals surface area contributed by atoms with Crippen molar-refractivity contribution in [3.8, 4) is 0 Å². The van der Waals surface area contributed by atoms with Gasteiger partial charge in [0.05, 0.1) is 5.56 Å². The fraction of sp³-hybridized carbons (Fsp3) is 0.538. The number of hydrogen-bond donors (Lipinski definition) is 1. The predicted octanol–water partition coefficient (Wildman–Crippen LogP) is 4.23. The Kier molecular flexibility index (Phi) is 3.31. The molecule has 0 spiro atoms. The van der Waals surface area contributed by atoms with Crippen molar-refractivity contribution in [1.82, 2.24) is 0 Å². The van der Waals surface area contributed by atoms with Crippen molar-refractivity contribution in [2.24, 2.45) is 5.92 Å². The van der Waals surface area contributed by atoms with E-state index in [1.165, 1.54) is 25.0 Å². The first-order valence-electron chi connectivity index (χ1n) is 5.88. The Morgan fingerprint density at radius 1 is 1.29 bits per heavy atom. The normalized spacial score (nSPS) is 16.0. The minimum absolute atomic E-state index is 0.586. The summed E-state index contributed by atoms with van der Waals surface area (Å²) < 4.78 is 37.6. The van der Waals surface area contributed by atoms with Gasteiger partial charge in [-0.2, -0.15) is 13.2 Å². The van der Waals surface area contributed by atoms with Crippen LogP contribution >= 0.6 is 0 Å². The molecule has 1 aliphatic rings. The van der Waals surface area contributed by atoms with Gasteiger partial charge in [0, 0.05) is 12.2 Å². The molecule has 1 aliphatic carbocycles. The van der Waals surface area contributed by atoms with Gasteiger partial charge in [0.25, 0.3) is 0 Å². The summed E-state index contributed by atoms with van der Waals surface area (Å²) in [6.45, 7) is 2.58. The Morgan fingerprint density at radius 3 is 2.59 bits per heavy atom. The van der Waals surface area contributed by atoms with E-state index in [1.807, 2.05) is 6.92 Å². The second-order valence-electron chi connectivity index (χ2n) is 4.69. The van der Waals surface area contributed by atoms with Crippen LogP contribution in [-0.4, -0.2) is 6.54 Å². The molecule has 0 saturated heterocycles. The lowest BCUT2D eigenvalue weighted by molar-refractivity contribution is -0.137. The standard InChI is InChI=1S/C13H16F3N/c1-9-2-5-11(13(14,15)16)8-12(9)17-7-6-10-3-4-10/h2,5,8,10,17H,3-4,6-7H2,1H3. The smallest absolute Gasteiger partial charge is 0.385 e. The van der Waals surface area contributed by atoms with Crippen molar-refractivity contribution in [3.63, 3.8) is 0 Å². The van der Waals surface area contributed by atoms with Crippen LogP contribution in [0.4, 0.5) is 18.9 Å². The number of halogens is 3. The molecule has 0 radical (unpaired) electrons. The maximum Gasteiger partial charge on any atom is 0.416 e. The topological polar surface area (TPSA) is 12.0 Å². The van der Waals surface area contributed by atoms with Crippen LogP contribution < -0.4 is 5.32 Å². The van der Waals surface area contributed by atoms with Crippen molar-refractivity contribution in [1.29, 1.82) is 0 Å². The van der Waals surface area contributed by atoms with Crippen LogP contribution in [0.25, 0.3) is 0 Å². The Bertz CT molecular complexity index is 394. The third kappa shape index (κ3) is 3.38. The Hall–Kier alpha value is -1.19. The van der Waals surface area contributed by atoms with Crippen LogP contribution in [0.2, 0.25) is 0 Å². The van der Waals surface area contributed by atoms with E-state index >= 15 is 0 Å². The maximum absolute atomic E-state index is 12.5. The van der Waals surface area contributed by atoms with Crippen LogP contribution in [0.5, 0.6) is 0 Å². The minimum atomic E-state index is -4.26. The SMILES string of the molecule is Cc1ccc(C(F)(F)F)cc1NCCC1CC1. The van der Waals surface area contributed by atoms with Gasteiger partial charge in [0.1, 0.15) is 0 Å². The molecule has 2 rings (SSSR count). The molecule has 0 heterocycles. The Labute approximate surface area is 99.0 Å². The van der Waals surface area contributed by atoms with Crippen molar-refractivity contribution in [2.45, 2.75) is 32.4 Å². The molecule has 1 N–H and O–H groups in total. The lowest BCUT2D eigenvalue weighted by Gasteiger charge is -2.13. The third-order valence-electron chi connectivity index (χ3n) is 3.13. The molecule has 0 atom stereocenters. The summed E-state index contributed by atoms with van der Waals surface area (Å²) in [7, 11) is 0. The summed E-state index contributed by atoms with van der Waals surface area (Å²) in [4.78, 5) is 0. The summed E-state index contributed by atoms with van der Waals surface area (Å²) in [6.07, 6.45) is -0.678. The van der Waals surface area contributed by atoms with Crippen molar-refractivity contribution < 1.29 is 13.2 Å². The van der Waals surface area contributed by atoms with Crippen LogP contribution in [0.3, 0.4) is 0 Å². The first kappa shape index (κ1) is 12.3. The Balaban J connectivity index is 2.03. The Morgan fingerprint density at radius 2 is 2.00 bits per heavy atom. The molecule has 1 nitrogen and oxygen atoms in total. The van der Waals surface area contributed by atoms with E-state index < -0.39 is 11.7 Å². The molecule has 0 bridgehead atoms. The van der Waals surface area contributed by atoms with Crippen molar-refractivity contribution >= 4 is 5.69 Å². The highest BCUT2D eigenvalue weighted by atomic mass is 19.4. The van der Waals surface area contributed by atoms with Gasteiger partial charge < -0.3 is 5.32 Å². The lowest BCUT2D eigenvalue weighted by atomic mass is 10.1. The first-order valence-corrected chi connectivity index (χ1v) is 5.88. The van der Waals surface area contributed by atoms with E-state index in [4.69, 9.17) is 0 Å². The van der Waals surface area contributed by atoms with Gasteiger partial charge in [-0.15, -0.1) is 0 Å². The van der Waals surface area contributed by atoms with E-state index in [1.54, 1.807) is 0 Å². The molecule has 1 saturated carbocycles. The van der Waals surface area contributed by atoms with E-state index in [0.29, 0.717) is 5.69 Å². The van der Waals surface area contributed by atoms with Crippen LogP contribution in [0.15, 0.2) is 18.2 Å². The van der Waals surface area contributed by atoms with Crippen LogP contribution in [0, 0.1) is 12.8 Å². The quantitative estimate of drug-likeness (QED) is 0.834. The molecule has 1 fully saturated rings. The number of benzene rings is 1. The average molecular weight is 243 g/mol. The number of alkyl halides is 3.